The number of aromatic nitrogens is 1. The molecule has 1 heterocycles. The molecule has 3 rings (SSSR count). The van der Waals surface area contributed by atoms with Crippen molar-refractivity contribution in [2.24, 2.45) is 0 Å². The molecule has 126 valence electrons. The number of hydrogen-bond acceptors (Lipinski definition) is 2. The van der Waals surface area contributed by atoms with Crippen molar-refractivity contribution in [3.63, 3.8) is 0 Å². The maximum atomic E-state index is 12.4. The molecule has 4 heteroatoms. The quantitative estimate of drug-likeness (QED) is 0.699. The normalized spacial score (nSPS) is 10.3. The summed E-state index contributed by atoms with van der Waals surface area (Å²) in [4.78, 5) is 12.4. The van der Waals surface area contributed by atoms with E-state index in [0.717, 1.165) is 11.1 Å². The molecule has 0 saturated heterocycles. The van der Waals surface area contributed by atoms with Crippen molar-refractivity contribution in [3.8, 4) is 16.9 Å². The summed E-state index contributed by atoms with van der Waals surface area (Å²) in [6, 6.07) is 21.5. The largest absolute Gasteiger partial charge is 0.492 e. The molecule has 0 bridgehead atoms. The molecule has 0 unspecified atom stereocenters. The number of amides is 1. The predicted octanol–water partition coefficient (Wildman–Crippen LogP) is 3.68. The lowest BCUT2D eigenvalue weighted by Gasteiger charge is -2.10. The molecule has 3 aromatic rings. The molecular formula is C21H21N2O2+. The van der Waals surface area contributed by atoms with Gasteiger partial charge in [0.1, 0.15) is 5.75 Å². The van der Waals surface area contributed by atoms with E-state index in [2.05, 4.69) is 17.4 Å². The first-order chi connectivity index (χ1) is 12.3. The maximum Gasteiger partial charge on any atom is 0.290 e. The number of carbonyl (C=O) groups excluding carboxylic acids is 1. The molecule has 0 radical (unpaired) electrons. The molecule has 0 aliphatic carbocycles. The van der Waals surface area contributed by atoms with Gasteiger partial charge >= 0.3 is 0 Å². The topological polar surface area (TPSA) is 42.2 Å². The van der Waals surface area contributed by atoms with Crippen molar-refractivity contribution in [3.05, 3.63) is 79.1 Å². The van der Waals surface area contributed by atoms with Gasteiger partial charge in [0.2, 0.25) is 6.54 Å². The summed E-state index contributed by atoms with van der Waals surface area (Å²) in [7, 11) is 0. The first kappa shape index (κ1) is 16.7. The Morgan fingerprint density at radius 1 is 0.960 bits per heavy atom. The van der Waals surface area contributed by atoms with Gasteiger partial charge in [-0.15, -0.1) is 0 Å². The number of nitrogens with one attached hydrogen (secondary N) is 1. The van der Waals surface area contributed by atoms with Gasteiger partial charge in [-0.1, -0.05) is 42.5 Å². The highest BCUT2D eigenvalue weighted by atomic mass is 16.5. The molecule has 25 heavy (non-hydrogen) atoms. The lowest BCUT2D eigenvalue weighted by atomic mass is 10.1. The Bertz CT molecular complexity index is 847. The van der Waals surface area contributed by atoms with Crippen LogP contribution in [0.25, 0.3) is 11.1 Å². The number of hydrogen-bond donors (Lipinski definition) is 1. The maximum absolute atomic E-state index is 12.4. The van der Waals surface area contributed by atoms with E-state index in [4.69, 9.17) is 4.74 Å². The average Bonchev–Trinajstić information content (AvgIpc) is 2.64. The lowest BCUT2D eigenvalue weighted by molar-refractivity contribution is -0.683. The Balaban J connectivity index is 1.72. The van der Waals surface area contributed by atoms with E-state index in [1.807, 2.05) is 78.5 Å². The standard InChI is InChI=1S/C21H20N2O2/c1-2-25-20-13-7-6-12-19(20)22-21(24)16-23-14-8-11-18(15-23)17-9-4-3-5-10-17/h3-15H,2,16H2,1H3/p+1. The summed E-state index contributed by atoms with van der Waals surface area (Å²) in [5, 5.41) is 2.92. The van der Waals surface area contributed by atoms with Gasteiger partial charge in [-0.05, 0) is 30.7 Å². The summed E-state index contributed by atoms with van der Waals surface area (Å²) >= 11 is 0. The number of nitrogens with zero attached hydrogens (tertiary/aromatic N) is 1. The fourth-order valence-corrected chi connectivity index (χ4v) is 2.63. The van der Waals surface area contributed by atoms with Crippen LogP contribution < -0.4 is 14.6 Å². The van der Waals surface area contributed by atoms with Gasteiger partial charge in [0.25, 0.3) is 5.91 Å². The van der Waals surface area contributed by atoms with Gasteiger partial charge in [-0.3, -0.25) is 4.79 Å². The van der Waals surface area contributed by atoms with Crippen molar-refractivity contribution in [2.45, 2.75) is 13.5 Å². The van der Waals surface area contributed by atoms with Crippen LogP contribution in [-0.4, -0.2) is 12.5 Å². The Labute approximate surface area is 147 Å². The minimum absolute atomic E-state index is 0.0950. The Morgan fingerprint density at radius 3 is 2.48 bits per heavy atom. The molecule has 0 aliphatic heterocycles. The molecule has 0 fully saturated rings. The number of carbonyl (C=O) groups is 1. The fraction of sp³-hybridized carbons (Fsp3) is 0.143. The van der Waals surface area contributed by atoms with Crippen LogP contribution in [0, 0.1) is 0 Å². The highest BCUT2D eigenvalue weighted by Crippen LogP contribution is 2.23. The number of para-hydroxylation sites is 2. The molecular weight excluding hydrogens is 312 g/mol. The SMILES string of the molecule is CCOc1ccccc1NC(=O)C[n+]1cccc(-c2ccccc2)c1. The second-order valence-electron chi connectivity index (χ2n) is 5.61. The number of anilines is 1. The smallest absolute Gasteiger partial charge is 0.290 e. The monoisotopic (exact) mass is 333 g/mol. The van der Waals surface area contributed by atoms with E-state index in [1.54, 1.807) is 0 Å². The highest BCUT2D eigenvalue weighted by molar-refractivity contribution is 5.91. The summed E-state index contributed by atoms with van der Waals surface area (Å²) in [6.45, 7) is 2.71. The van der Waals surface area contributed by atoms with Crippen molar-refractivity contribution in [2.75, 3.05) is 11.9 Å². The van der Waals surface area contributed by atoms with Crippen molar-refractivity contribution in [1.29, 1.82) is 0 Å². The second-order valence-corrected chi connectivity index (χ2v) is 5.61. The molecule has 0 saturated carbocycles. The van der Waals surface area contributed by atoms with Crippen LogP contribution in [0.5, 0.6) is 5.75 Å². The van der Waals surface area contributed by atoms with Crippen LogP contribution in [0.3, 0.4) is 0 Å². The Kier molecular flexibility index (Phi) is 5.42. The molecule has 0 spiro atoms. The molecule has 2 aromatic carbocycles. The molecule has 4 nitrogen and oxygen atoms in total. The molecule has 0 atom stereocenters. The van der Waals surface area contributed by atoms with E-state index >= 15 is 0 Å². The van der Waals surface area contributed by atoms with E-state index < -0.39 is 0 Å². The van der Waals surface area contributed by atoms with Crippen molar-refractivity contribution in [1.82, 2.24) is 0 Å². The second kappa shape index (κ2) is 8.11. The van der Waals surface area contributed by atoms with Crippen LogP contribution in [0.4, 0.5) is 5.69 Å². The third kappa shape index (κ3) is 4.44. The van der Waals surface area contributed by atoms with Crippen LogP contribution in [0.15, 0.2) is 79.1 Å². The van der Waals surface area contributed by atoms with Gasteiger partial charge in [-0.2, -0.15) is 4.57 Å². The molecule has 1 N–H and O–H groups in total. The Morgan fingerprint density at radius 2 is 1.68 bits per heavy atom. The van der Waals surface area contributed by atoms with Crippen LogP contribution >= 0.6 is 0 Å². The van der Waals surface area contributed by atoms with E-state index in [1.165, 1.54) is 0 Å². The van der Waals surface area contributed by atoms with Gasteiger partial charge < -0.3 is 10.1 Å². The van der Waals surface area contributed by atoms with Gasteiger partial charge in [0.15, 0.2) is 12.4 Å². The lowest BCUT2D eigenvalue weighted by Crippen LogP contribution is -2.39. The summed E-state index contributed by atoms with van der Waals surface area (Å²) in [6.07, 6.45) is 3.86. The zero-order valence-corrected chi connectivity index (χ0v) is 14.2. The van der Waals surface area contributed by atoms with Gasteiger partial charge in [-0.25, -0.2) is 0 Å². The Hall–Kier alpha value is -3.14. The van der Waals surface area contributed by atoms with E-state index in [0.29, 0.717) is 18.0 Å². The molecule has 1 aromatic heterocycles. The predicted molar refractivity (Wildman–Crippen MR) is 98.3 cm³/mol. The van der Waals surface area contributed by atoms with Crippen LogP contribution in [-0.2, 0) is 11.3 Å². The number of benzene rings is 2. The first-order valence-corrected chi connectivity index (χ1v) is 8.32. The molecule has 1 amide bonds. The van der Waals surface area contributed by atoms with E-state index in [-0.39, 0.29) is 12.5 Å². The minimum Gasteiger partial charge on any atom is -0.492 e. The average molecular weight is 333 g/mol. The summed E-state index contributed by atoms with van der Waals surface area (Å²) in [5.41, 5.74) is 2.89. The van der Waals surface area contributed by atoms with Gasteiger partial charge in [0, 0.05) is 11.6 Å². The molecule has 0 aliphatic rings. The zero-order chi connectivity index (χ0) is 17.5. The minimum atomic E-state index is -0.0950. The zero-order valence-electron chi connectivity index (χ0n) is 14.2. The van der Waals surface area contributed by atoms with Crippen LogP contribution in [0.2, 0.25) is 0 Å². The number of rotatable bonds is 6. The summed E-state index contributed by atoms with van der Waals surface area (Å²) < 4.78 is 7.42. The van der Waals surface area contributed by atoms with Crippen molar-refractivity contribution >= 4 is 11.6 Å². The van der Waals surface area contributed by atoms with Crippen LogP contribution in [0.1, 0.15) is 6.92 Å². The van der Waals surface area contributed by atoms with Crippen molar-refractivity contribution < 1.29 is 14.1 Å². The number of pyridine rings is 1. The first-order valence-electron chi connectivity index (χ1n) is 8.32. The highest BCUT2D eigenvalue weighted by Gasteiger charge is 2.13. The summed E-state index contributed by atoms with van der Waals surface area (Å²) in [5.74, 6) is 0.587. The van der Waals surface area contributed by atoms with E-state index in [9.17, 15) is 4.79 Å². The van der Waals surface area contributed by atoms with Gasteiger partial charge in [0.05, 0.1) is 12.3 Å². The fourth-order valence-electron chi connectivity index (χ4n) is 2.63. The third-order valence-electron chi connectivity index (χ3n) is 3.75. The third-order valence-corrected chi connectivity index (χ3v) is 3.75. The number of ether oxygens (including phenoxy) is 1.